The second-order valence-electron chi connectivity index (χ2n) is 10.2. The van der Waals surface area contributed by atoms with Crippen LogP contribution >= 0.6 is 0 Å². The molecule has 0 heterocycles. The molecule has 200 valence electrons. The maximum Gasteiger partial charge on any atom is 0.251 e. The van der Waals surface area contributed by atoms with Crippen LogP contribution in [0.5, 0.6) is 5.75 Å². The van der Waals surface area contributed by atoms with Crippen molar-refractivity contribution in [1.82, 2.24) is 10.6 Å². The number of anilines is 1. The van der Waals surface area contributed by atoms with Gasteiger partial charge in [0.1, 0.15) is 5.75 Å². The number of ether oxygens (including phenoxy) is 1. The van der Waals surface area contributed by atoms with E-state index in [1.807, 2.05) is 42.5 Å². The number of nitrogens with one attached hydrogen (secondary N) is 3. The molecule has 0 spiro atoms. The summed E-state index contributed by atoms with van der Waals surface area (Å²) < 4.78 is 6.21. The van der Waals surface area contributed by atoms with Crippen molar-refractivity contribution >= 4 is 17.3 Å². The number of nitrogens with two attached hydrogens (primary N) is 1. The van der Waals surface area contributed by atoms with Crippen molar-refractivity contribution in [2.45, 2.75) is 64.6 Å². The Morgan fingerprint density at radius 3 is 2.34 bits per heavy atom. The number of hydrogen-bond donors (Lipinski definition) is 4. The normalized spacial score (nSPS) is 15.3. The second-order valence-corrected chi connectivity index (χ2v) is 10.2. The average molecular weight is 513 g/mol. The zero-order chi connectivity index (χ0) is 27.1. The maximum absolute atomic E-state index is 13.2. The molecule has 0 radical (unpaired) electrons. The molecule has 3 unspecified atom stereocenters. The zero-order valence-corrected chi connectivity index (χ0v) is 22.7. The van der Waals surface area contributed by atoms with Gasteiger partial charge in [-0.15, -0.1) is 0 Å². The number of nitrogen functional groups attached to an aromatic ring is 1. The maximum atomic E-state index is 13.2. The van der Waals surface area contributed by atoms with Crippen LogP contribution in [0.2, 0.25) is 0 Å². The molecule has 0 aromatic heterocycles. The SMILES string of the molecule is CCNC(C)CC(CC)Oc1ccc(C(=N)c2cc(C(=O)NC(c3ccccc3)C3CC3)ccc2N)cc1. The van der Waals surface area contributed by atoms with Gasteiger partial charge < -0.3 is 21.1 Å². The summed E-state index contributed by atoms with van der Waals surface area (Å²) in [6.45, 7) is 7.35. The van der Waals surface area contributed by atoms with Crippen molar-refractivity contribution in [1.29, 1.82) is 5.41 Å². The standard InChI is InChI=1S/C32H40N4O2/c1-4-26(19-21(3)35-5-2)38-27-16-13-22(14-17-27)30(34)28-20-25(15-18-29(28)33)32(37)36-31(24-11-12-24)23-9-7-6-8-10-23/h6-10,13-18,20-21,24,26,31,34-35H,4-5,11-12,19,33H2,1-3H3,(H,36,37). The Balaban J connectivity index is 1.45. The van der Waals surface area contributed by atoms with Crippen molar-refractivity contribution in [3.8, 4) is 5.75 Å². The van der Waals surface area contributed by atoms with E-state index in [0.717, 1.165) is 49.1 Å². The fourth-order valence-corrected chi connectivity index (χ4v) is 4.87. The Morgan fingerprint density at radius 2 is 1.71 bits per heavy atom. The molecule has 1 aliphatic carbocycles. The largest absolute Gasteiger partial charge is 0.490 e. The summed E-state index contributed by atoms with van der Waals surface area (Å²) in [6.07, 6.45) is 4.20. The molecular weight excluding hydrogens is 472 g/mol. The van der Waals surface area contributed by atoms with E-state index >= 15 is 0 Å². The van der Waals surface area contributed by atoms with Crippen LogP contribution in [0.15, 0.2) is 72.8 Å². The van der Waals surface area contributed by atoms with Crippen LogP contribution in [0.3, 0.4) is 0 Å². The molecule has 3 atom stereocenters. The number of rotatable bonds is 13. The number of amides is 1. The van der Waals surface area contributed by atoms with E-state index < -0.39 is 0 Å². The van der Waals surface area contributed by atoms with Crippen LogP contribution < -0.4 is 21.1 Å². The first-order valence-electron chi connectivity index (χ1n) is 13.7. The van der Waals surface area contributed by atoms with Crippen LogP contribution in [-0.4, -0.2) is 30.3 Å². The minimum absolute atomic E-state index is 0.00983. The quantitative estimate of drug-likeness (QED) is 0.164. The molecule has 1 saturated carbocycles. The second kappa shape index (κ2) is 12.7. The molecule has 0 saturated heterocycles. The lowest BCUT2D eigenvalue weighted by Crippen LogP contribution is -2.31. The molecule has 6 heteroatoms. The fraction of sp³-hybridized carbons (Fsp3) is 0.375. The molecule has 3 aromatic carbocycles. The first-order valence-corrected chi connectivity index (χ1v) is 13.7. The van der Waals surface area contributed by atoms with Gasteiger partial charge in [0.2, 0.25) is 0 Å². The summed E-state index contributed by atoms with van der Waals surface area (Å²) in [5.74, 6) is 1.10. The molecule has 1 amide bonds. The lowest BCUT2D eigenvalue weighted by atomic mass is 9.97. The highest BCUT2D eigenvalue weighted by molar-refractivity contribution is 6.14. The molecule has 0 bridgehead atoms. The summed E-state index contributed by atoms with van der Waals surface area (Å²) in [7, 11) is 0. The van der Waals surface area contributed by atoms with E-state index in [9.17, 15) is 4.79 Å². The smallest absolute Gasteiger partial charge is 0.251 e. The van der Waals surface area contributed by atoms with Gasteiger partial charge in [-0.1, -0.05) is 44.2 Å². The third-order valence-corrected chi connectivity index (χ3v) is 7.19. The van der Waals surface area contributed by atoms with Crippen molar-refractivity contribution < 1.29 is 9.53 Å². The highest BCUT2D eigenvalue weighted by Gasteiger charge is 2.33. The number of hydrogen-bond acceptors (Lipinski definition) is 5. The molecule has 6 nitrogen and oxygen atoms in total. The lowest BCUT2D eigenvalue weighted by molar-refractivity contribution is 0.0931. The van der Waals surface area contributed by atoms with Gasteiger partial charge in [0.15, 0.2) is 0 Å². The van der Waals surface area contributed by atoms with Crippen molar-refractivity contribution in [2.75, 3.05) is 12.3 Å². The van der Waals surface area contributed by atoms with E-state index in [0.29, 0.717) is 28.8 Å². The Hall–Kier alpha value is -3.64. The topological polar surface area (TPSA) is 100 Å². The molecule has 1 fully saturated rings. The first kappa shape index (κ1) is 27.4. The number of benzene rings is 3. The summed E-state index contributed by atoms with van der Waals surface area (Å²) in [6, 6.07) is 23.2. The van der Waals surface area contributed by atoms with E-state index in [2.05, 4.69) is 43.5 Å². The predicted octanol–water partition coefficient (Wildman–Crippen LogP) is 6.11. The average Bonchev–Trinajstić information content (AvgIpc) is 3.77. The Labute approximate surface area is 226 Å². The van der Waals surface area contributed by atoms with Gasteiger partial charge in [0.05, 0.1) is 17.9 Å². The molecule has 3 aromatic rings. The van der Waals surface area contributed by atoms with Crippen LogP contribution in [-0.2, 0) is 0 Å². The summed E-state index contributed by atoms with van der Waals surface area (Å²) >= 11 is 0. The molecule has 0 aliphatic heterocycles. The molecule has 4 rings (SSSR count). The summed E-state index contributed by atoms with van der Waals surface area (Å²) in [5, 5.41) is 15.5. The predicted molar refractivity (Wildman–Crippen MR) is 155 cm³/mol. The third-order valence-electron chi connectivity index (χ3n) is 7.19. The third kappa shape index (κ3) is 7.01. The van der Waals surface area contributed by atoms with Gasteiger partial charge in [-0.25, -0.2) is 0 Å². The molecule has 5 N–H and O–H groups in total. The Bertz CT molecular complexity index is 1220. The van der Waals surface area contributed by atoms with E-state index in [4.69, 9.17) is 15.9 Å². The van der Waals surface area contributed by atoms with E-state index in [1.54, 1.807) is 18.2 Å². The highest BCUT2D eigenvalue weighted by atomic mass is 16.5. The zero-order valence-electron chi connectivity index (χ0n) is 22.7. The summed E-state index contributed by atoms with van der Waals surface area (Å²) in [4.78, 5) is 13.2. The van der Waals surface area contributed by atoms with Crippen molar-refractivity contribution in [3.05, 3.63) is 95.1 Å². The molecular formula is C32H40N4O2. The molecule has 38 heavy (non-hydrogen) atoms. The van der Waals surface area contributed by atoms with Crippen LogP contribution in [0.4, 0.5) is 5.69 Å². The lowest BCUT2D eigenvalue weighted by Gasteiger charge is -2.22. The highest BCUT2D eigenvalue weighted by Crippen LogP contribution is 2.41. The van der Waals surface area contributed by atoms with E-state index in [-0.39, 0.29) is 23.8 Å². The number of carbonyl (C=O) groups is 1. The van der Waals surface area contributed by atoms with Gasteiger partial charge in [-0.2, -0.15) is 0 Å². The van der Waals surface area contributed by atoms with Crippen LogP contribution in [0.25, 0.3) is 0 Å². The minimum atomic E-state index is -0.152. The van der Waals surface area contributed by atoms with Gasteiger partial charge >= 0.3 is 0 Å². The van der Waals surface area contributed by atoms with Gasteiger partial charge in [0, 0.05) is 28.4 Å². The van der Waals surface area contributed by atoms with Crippen LogP contribution in [0.1, 0.15) is 79.5 Å². The van der Waals surface area contributed by atoms with Gasteiger partial charge in [-0.3, -0.25) is 10.2 Å². The Kier molecular flexibility index (Phi) is 9.19. The minimum Gasteiger partial charge on any atom is -0.490 e. The monoisotopic (exact) mass is 512 g/mol. The number of carbonyl (C=O) groups excluding carboxylic acids is 1. The van der Waals surface area contributed by atoms with Gasteiger partial charge in [0.25, 0.3) is 5.91 Å². The summed E-state index contributed by atoms with van der Waals surface area (Å²) in [5.41, 5.74) is 9.89. The van der Waals surface area contributed by atoms with E-state index in [1.165, 1.54) is 0 Å². The molecule has 1 aliphatic rings. The van der Waals surface area contributed by atoms with Crippen molar-refractivity contribution in [3.63, 3.8) is 0 Å². The Morgan fingerprint density at radius 1 is 1.03 bits per heavy atom. The van der Waals surface area contributed by atoms with Crippen molar-refractivity contribution in [2.24, 2.45) is 5.92 Å². The van der Waals surface area contributed by atoms with Gasteiger partial charge in [-0.05, 0) is 93.1 Å². The van der Waals surface area contributed by atoms with Crippen LogP contribution in [0, 0.1) is 11.3 Å². The first-order chi connectivity index (χ1) is 18.4. The fourth-order valence-electron chi connectivity index (χ4n) is 4.87.